The normalized spacial score (nSPS) is 10.2. The topological polar surface area (TPSA) is 41.1 Å². The largest absolute Gasteiger partial charge is 0.334 e. The van der Waals surface area contributed by atoms with E-state index in [4.69, 9.17) is 11.6 Å². The molecule has 20 heavy (non-hydrogen) atoms. The van der Waals surface area contributed by atoms with Crippen LogP contribution in [0.3, 0.4) is 0 Å². The van der Waals surface area contributed by atoms with Crippen LogP contribution in [-0.4, -0.2) is 6.03 Å². The standard InChI is InChI=1S/C14H11ClF2N2O/c15-11-4-2-1-3-9(11)8-18-14(20)19-10-5-6-12(16)13(17)7-10/h1-7H,8H2,(H2,18,19,20). The maximum Gasteiger partial charge on any atom is 0.319 e. The van der Waals surface area contributed by atoms with Crippen LogP contribution in [0.5, 0.6) is 0 Å². The Morgan fingerprint density at radius 2 is 1.85 bits per heavy atom. The number of amides is 2. The van der Waals surface area contributed by atoms with Gasteiger partial charge in [0.1, 0.15) is 0 Å². The molecule has 0 atom stereocenters. The molecule has 0 saturated heterocycles. The lowest BCUT2D eigenvalue weighted by atomic mass is 10.2. The molecule has 0 spiro atoms. The van der Waals surface area contributed by atoms with E-state index >= 15 is 0 Å². The molecule has 6 heteroatoms. The number of hydrogen-bond acceptors (Lipinski definition) is 1. The Morgan fingerprint density at radius 1 is 1.10 bits per heavy atom. The van der Waals surface area contributed by atoms with Crippen molar-refractivity contribution in [1.29, 1.82) is 0 Å². The molecule has 0 radical (unpaired) electrons. The van der Waals surface area contributed by atoms with Crippen LogP contribution in [0.15, 0.2) is 42.5 Å². The van der Waals surface area contributed by atoms with E-state index in [9.17, 15) is 13.6 Å². The summed E-state index contributed by atoms with van der Waals surface area (Å²) >= 11 is 5.94. The van der Waals surface area contributed by atoms with E-state index in [1.165, 1.54) is 6.07 Å². The van der Waals surface area contributed by atoms with Crippen molar-refractivity contribution in [2.45, 2.75) is 6.54 Å². The molecule has 0 aliphatic carbocycles. The highest BCUT2D eigenvalue weighted by molar-refractivity contribution is 6.31. The third kappa shape index (κ3) is 3.68. The van der Waals surface area contributed by atoms with Crippen molar-refractivity contribution in [2.24, 2.45) is 0 Å². The van der Waals surface area contributed by atoms with Crippen LogP contribution in [0.4, 0.5) is 19.3 Å². The second kappa shape index (κ2) is 6.34. The number of urea groups is 1. The molecule has 3 nitrogen and oxygen atoms in total. The highest BCUT2D eigenvalue weighted by Gasteiger charge is 2.06. The summed E-state index contributed by atoms with van der Waals surface area (Å²) in [7, 11) is 0. The van der Waals surface area contributed by atoms with Gasteiger partial charge in [-0.15, -0.1) is 0 Å². The molecule has 0 saturated carbocycles. The molecule has 2 aromatic rings. The smallest absolute Gasteiger partial charge is 0.319 e. The van der Waals surface area contributed by atoms with Crippen molar-refractivity contribution in [1.82, 2.24) is 5.32 Å². The lowest BCUT2D eigenvalue weighted by molar-refractivity contribution is 0.251. The van der Waals surface area contributed by atoms with Gasteiger partial charge in [-0.3, -0.25) is 0 Å². The summed E-state index contributed by atoms with van der Waals surface area (Å²) in [6.45, 7) is 0.231. The van der Waals surface area contributed by atoms with E-state index in [2.05, 4.69) is 10.6 Å². The van der Waals surface area contributed by atoms with E-state index < -0.39 is 17.7 Å². The summed E-state index contributed by atoms with van der Waals surface area (Å²) in [6.07, 6.45) is 0. The lowest BCUT2D eigenvalue weighted by Crippen LogP contribution is -2.28. The van der Waals surface area contributed by atoms with E-state index in [0.717, 1.165) is 17.7 Å². The zero-order valence-corrected chi connectivity index (χ0v) is 11.0. The molecule has 2 N–H and O–H groups in total. The highest BCUT2D eigenvalue weighted by atomic mass is 35.5. The quantitative estimate of drug-likeness (QED) is 0.885. The summed E-state index contributed by atoms with van der Waals surface area (Å²) in [5.41, 5.74) is 0.926. The molecular weight excluding hydrogens is 286 g/mol. The number of anilines is 1. The highest BCUT2D eigenvalue weighted by Crippen LogP contribution is 2.15. The Bertz CT molecular complexity index is 634. The molecule has 0 heterocycles. The second-order valence-electron chi connectivity index (χ2n) is 4.03. The number of nitrogens with one attached hydrogen (secondary N) is 2. The van der Waals surface area contributed by atoms with Gasteiger partial charge in [-0.1, -0.05) is 29.8 Å². The maximum absolute atomic E-state index is 13.0. The third-order valence-electron chi connectivity index (χ3n) is 2.57. The number of carbonyl (C=O) groups is 1. The predicted molar refractivity (Wildman–Crippen MR) is 73.7 cm³/mol. The first-order valence-corrected chi connectivity index (χ1v) is 6.17. The van der Waals surface area contributed by atoms with E-state index in [1.807, 2.05) is 0 Å². The maximum atomic E-state index is 13.0. The van der Waals surface area contributed by atoms with Gasteiger partial charge in [0.15, 0.2) is 11.6 Å². The average molecular weight is 297 g/mol. The van der Waals surface area contributed by atoms with Crippen molar-refractivity contribution < 1.29 is 13.6 Å². The number of hydrogen-bond donors (Lipinski definition) is 2. The number of halogens is 3. The fourth-order valence-electron chi connectivity index (χ4n) is 1.57. The fraction of sp³-hybridized carbons (Fsp3) is 0.0714. The van der Waals surface area contributed by atoms with Gasteiger partial charge in [0.2, 0.25) is 0 Å². The molecule has 0 aromatic heterocycles. The van der Waals surface area contributed by atoms with Crippen LogP contribution < -0.4 is 10.6 Å². The first-order chi connectivity index (χ1) is 9.56. The SMILES string of the molecule is O=C(NCc1ccccc1Cl)Nc1ccc(F)c(F)c1. The Hall–Kier alpha value is -2.14. The zero-order chi connectivity index (χ0) is 14.5. The van der Waals surface area contributed by atoms with Gasteiger partial charge in [-0.05, 0) is 23.8 Å². The van der Waals surface area contributed by atoms with Crippen LogP contribution in [0.1, 0.15) is 5.56 Å². The van der Waals surface area contributed by atoms with Crippen LogP contribution in [0, 0.1) is 11.6 Å². The first kappa shape index (κ1) is 14.3. The van der Waals surface area contributed by atoms with E-state index in [-0.39, 0.29) is 12.2 Å². The van der Waals surface area contributed by atoms with Crippen molar-refractivity contribution in [3.63, 3.8) is 0 Å². The molecular formula is C14H11ClF2N2O. The molecule has 2 aromatic carbocycles. The second-order valence-corrected chi connectivity index (χ2v) is 4.44. The Kier molecular flexibility index (Phi) is 4.53. The lowest BCUT2D eigenvalue weighted by Gasteiger charge is -2.09. The minimum atomic E-state index is -1.02. The molecule has 0 unspecified atom stereocenters. The van der Waals surface area contributed by atoms with Gasteiger partial charge >= 0.3 is 6.03 Å². The molecule has 0 bridgehead atoms. The third-order valence-corrected chi connectivity index (χ3v) is 2.94. The number of carbonyl (C=O) groups excluding carboxylic acids is 1. The Labute approximate surface area is 119 Å². The van der Waals surface area contributed by atoms with Crippen LogP contribution in [0.25, 0.3) is 0 Å². The predicted octanol–water partition coefficient (Wildman–Crippen LogP) is 3.94. The Morgan fingerprint density at radius 3 is 2.55 bits per heavy atom. The summed E-state index contributed by atoms with van der Waals surface area (Å²) in [6, 6.07) is 9.67. The molecule has 2 amide bonds. The minimum absolute atomic E-state index is 0.167. The van der Waals surface area contributed by atoms with Crippen molar-refractivity contribution in [3.8, 4) is 0 Å². The molecule has 0 aliphatic rings. The van der Waals surface area contributed by atoms with E-state index in [1.54, 1.807) is 24.3 Å². The van der Waals surface area contributed by atoms with Gasteiger partial charge in [-0.25, -0.2) is 13.6 Å². The van der Waals surface area contributed by atoms with Crippen LogP contribution in [-0.2, 0) is 6.54 Å². The summed E-state index contributed by atoms with van der Waals surface area (Å²) in [5.74, 6) is -1.99. The van der Waals surface area contributed by atoms with E-state index in [0.29, 0.717) is 5.02 Å². The summed E-state index contributed by atoms with van der Waals surface area (Å²) in [5, 5.41) is 5.51. The van der Waals surface area contributed by atoms with Crippen molar-refractivity contribution in [3.05, 3.63) is 64.7 Å². The molecule has 0 fully saturated rings. The monoisotopic (exact) mass is 296 g/mol. The fourth-order valence-corrected chi connectivity index (χ4v) is 1.77. The molecule has 104 valence electrons. The molecule has 2 rings (SSSR count). The summed E-state index contributed by atoms with van der Waals surface area (Å²) in [4.78, 5) is 11.6. The minimum Gasteiger partial charge on any atom is -0.334 e. The van der Waals surface area contributed by atoms with Crippen molar-refractivity contribution in [2.75, 3.05) is 5.32 Å². The molecule has 0 aliphatic heterocycles. The van der Waals surface area contributed by atoms with Gasteiger partial charge in [0, 0.05) is 23.3 Å². The van der Waals surface area contributed by atoms with Gasteiger partial charge in [-0.2, -0.15) is 0 Å². The summed E-state index contributed by atoms with van der Waals surface area (Å²) < 4.78 is 25.7. The van der Waals surface area contributed by atoms with Crippen LogP contribution >= 0.6 is 11.6 Å². The van der Waals surface area contributed by atoms with Gasteiger partial charge in [0.05, 0.1) is 0 Å². The van der Waals surface area contributed by atoms with Crippen LogP contribution in [0.2, 0.25) is 5.02 Å². The number of rotatable bonds is 3. The number of benzene rings is 2. The van der Waals surface area contributed by atoms with Crippen molar-refractivity contribution >= 4 is 23.3 Å². The zero-order valence-electron chi connectivity index (χ0n) is 10.3. The average Bonchev–Trinajstić information content (AvgIpc) is 2.42. The Balaban J connectivity index is 1.93. The first-order valence-electron chi connectivity index (χ1n) is 5.79. The van der Waals surface area contributed by atoms with Gasteiger partial charge in [0.25, 0.3) is 0 Å². The van der Waals surface area contributed by atoms with Gasteiger partial charge < -0.3 is 10.6 Å².